The normalized spacial score (nSPS) is 19.8. The summed E-state index contributed by atoms with van der Waals surface area (Å²) >= 11 is 0. The predicted molar refractivity (Wildman–Crippen MR) is 85.1 cm³/mol. The smallest absolute Gasteiger partial charge is 0.258 e. The van der Waals surface area contributed by atoms with Crippen LogP contribution in [-0.2, 0) is 4.79 Å². The highest BCUT2D eigenvalue weighted by Gasteiger charge is 2.40. The summed E-state index contributed by atoms with van der Waals surface area (Å²) < 4.78 is 0. The Morgan fingerprint density at radius 1 is 0.955 bits per heavy atom. The van der Waals surface area contributed by atoms with Gasteiger partial charge in [0.05, 0.1) is 17.4 Å². The highest BCUT2D eigenvalue weighted by Crippen LogP contribution is 2.40. The lowest BCUT2D eigenvalue weighted by atomic mass is 10.1. The number of benzene rings is 2. The van der Waals surface area contributed by atoms with Crippen LogP contribution in [0, 0.1) is 0 Å². The molecular formula is C18H16N2O2. The van der Waals surface area contributed by atoms with Gasteiger partial charge < -0.3 is 9.80 Å². The highest BCUT2D eigenvalue weighted by atomic mass is 16.2. The molecule has 0 saturated carbocycles. The maximum atomic E-state index is 12.9. The van der Waals surface area contributed by atoms with Gasteiger partial charge >= 0.3 is 0 Å². The quantitative estimate of drug-likeness (QED) is 0.811. The van der Waals surface area contributed by atoms with Crippen LogP contribution >= 0.6 is 0 Å². The summed E-state index contributed by atoms with van der Waals surface area (Å²) in [6, 6.07) is 17.1. The van der Waals surface area contributed by atoms with E-state index >= 15 is 0 Å². The second kappa shape index (κ2) is 4.98. The standard InChI is InChI=1S/C18H16N2O2/c21-17-11-10-14-12-19(18(22)13-6-2-1-3-7-13)15-8-4-5-9-16(15)20(14)17/h1-9,14H,10-12H2. The summed E-state index contributed by atoms with van der Waals surface area (Å²) in [7, 11) is 0. The van der Waals surface area contributed by atoms with E-state index in [1.807, 2.05) is 64.4 Å². The zero-order valence-electron chi connectivity index (χ0n) is 12.1. The second-order valence-corrected chi connectivity index (χ2v) is 5.73. The SMILES string of the molecule is O=C(c1ccccc1)N1CC2CCC(=O)N2c2ccccc21. The van der Waals surface area contributed by atoms with E-state index in [1.165, 1.54) is 0 Å². The van der Waals surface area contributed by atoms with Crippen molar-refractivity contribution in [3.63, 3.8) is 0 Å². The van der Waals surface area contributed by atoms with Crippen LogP contribution in [0.4, 0.5) is 11.4 Å². The van der Waals surface area contributed by atoms with Crippen molar-refractivity contribution in [1.82, 2.24) is 0 Å². The van der Waals surface area contributed by atoms with Crippen LogP contribution in [0.3, 0.4) is 0 Å². The topological polar surface area (TPSA) is 40.6 Å². The molecular weight excluding hydrogens is 276 g/mol. The summed E-state index contributed by atoms with van der Waals surface area (Å²) in [5, 5.41) is 0. The summed E-state index contributed by atoms with van der Waals surface area (Å²) in [5.41, 5.74) is 2.35. The largest absolute Gasteiger partial charge is 0.305 e. The maximum Gasteiger partial charge on any atom is 0.258 e. The van der Waals surface area contributed by atoms with Crippen molar-refractivity contribution in [3.05, 3.63) is 60.2 Å². The Labute approximate surface area is 129 Å². The first-order chi connectivity index (χ1) is 10.8. The van der Waals surface area contributed by atoms with Crippen molar-refractivity contribution in [3.8, 4) is 0 Å². The Morgan fingerprint density at radius 3 is 2.41 bits per heavy atom. The fraction of sp³-hybridized carbons (Fsp3) is 0.222. The van der Waals surface area contributed by atoms with Gasteiger partial charge in [0.1, 0.15) is 0 Å². The summed E-state index contributed by atoms with van der Waals surface area (Å²) in [6.07, 6.45) is 1.37. The highest BCUT2D eigenvalue weighted by molar-refractivity contribution is 6.11. The predicted octanol–water partition coefficient (Wildman–Crippen LogP) is 2.84. The van der Waals surface area contributed by atoms with E-state index in [9.17, 15) is 9.59 Å². The summed E-state index contributed by atoms with van der Waals surface area (Å²) in [6.45, 7) is 0.566. The first-order valence-electron chi connectivity index (χ1n) is 7.54. The number of amides is 2. The van der Waals surface area contributed by atoms with Gasteiger partial charge in [0, 0.05) is 18.5 Å². The lowest BCUT2D eigenvalue weighted by Gasteiger charge is -2.39. The molecule has 2 aliphatic heterocycles. The molecule has 0 aliphatic carbocycles. The average Bonchev–Trinajstić information content (AvgIpc) is 2.95. The van der Waals surface area contributed by atoms with Crippen LogP contribution in [0.2, 0.25) is 0 Å². The molecule has 0 bridgehead atoms. The molecule has 4 nitrogen and oxygen atoms in total. The molecule has 4 rings (SSSR count). The number of carbonyl (C=O) groups is 2. The molecule has 110 valence electrons. The molecule has 1 saturated heterocycles. The number of hydrogen-bond acceptors (Lipinski definition) is 2. The summed E-state index contributed by atoms with van der Waals surface area (Å²) in [4.78, 5) is 28.7. The van der Waals surface area contributed by atoms with Gasteiger partial charge in [-0.3, -0.25) is 9.59 Å². The Morgan fingerprint density at radius 2 is 1.64 bits per heavy atom. The zero-order chi connectivity index (χ0) is 15.1. The van der Waals surface area contributed by atoms with Gasteiger partial charge in [-0.2, -0.15) is 0 Å². The minimum Gasteiger partial charge on any atom is -0.305 e. The van der Waals surface area contributed by atoms with Crippen LogP contribution in [0.1, 0.15) is 23.2 Å². The van der Waals surface area contributed by atoms with Crippen molar-refractivity contribution in [1.29, 1.82) is 0 Å². The number of nitrogens with zero attached hydrogens (tertiary/aromatic N) is 2. The fourth-order valence-corrected chi connectivity index (χ4v) is 3.38. The third kappa shape index (κ3) is 1.91. The van der Waals surface area contributed by atoms with Crippen molar-refractivity contribution in [2.45, 2.75) is 18.9 Å². The molecule has 0 aromatic heterocycles. The molecule has 2 heterocycles. The fourth-order valence-electron chi connectivity index (χ4n) is 3.38. The lowest BCUT2D eigenvalue weighted by Crippen LogP contribution is -2.49. The second-order valence-electron chi connectivity index (χ2n) is 5.73. The van der Waals surface area contributed by atoms with E-state index in [0.717, 1.165) is 17.8 Å². The minimum absolute atomic E-state index is 0.00736. The molecule has 4 heteroatoms. The van der Waals surface area contributed by atoms with E-state index in [4.69, 9.17) is 0 Å². The van der Waals surface area contributed by atoms with Crippen molar-refractivity contribution < 1.29 is 9.59 Å². The number of fused-ring (bicyclic) bond motifs is 3. The van der Waals surface area contributed by atoms with Gasteiger partial charge in [0.25, 0.3) is 5.91 Å². The van der Waals surface area contributed by atoms with E-state index < -0.39 is 0 Å². The molecule has 1 atom stereocenters. The van der Waals surface area contributed by atoms with Gasteiger partial charge in [-0.05, 0) is 30.7 Å². The third-order valence-electron chi connectivity index (χ3n) is 4.42. The van der Waals surface area contributed by atoms with E-state index in [-0.39, 0.29) is 17.9 Å². The monoisotopic (exact) mass is 292 g/mol. The van der Waals surface area contributed by atoms with E-state index in [2.05, 4.69) is 0 Å². The number of para-hydroxylation sites is 2. The minimum atomic E-state index is -0.00736. The van der Waals surface area contributed by atoms with E-state index in [1.54, 1.807) is 0 Å². The molecule has 22 heavy (non-hydrogen) atoms. The molecule has 2 amide bonds. The zero-order valence-corrected chi connectivity index (χ0v) is 12.1. The van der Waals surface area contributed by atoms with Gasteiger partial charge in [-0.25, -0.2) is 0 Å². The number of anilines is 2. The summed E-state index contributed by atoms with van der Waals surface area (Å²) in [5.74, 6) is 0.149. The van der Waals surface area contributed by atoms with Crippen molar-refractivity contribution >= 4 is 23.2 Å². The van der Waals surface area contributed by atoms with Crippen molar-refractivity contribution in [2.24, 2.45) is 0 Å². The molecule has 0 radical (unpaired) electrons. The molecule has 2 aromatic carbocycles. The van der Waals surface area contributed by atoms with Gasteiger partial charge in [0.2, 0.25) is 5.91 Å². The molecule has 0 N–H and O–H groups in total. The van der Waals surface area contributed by atoms with Crippen LogP contribution in [-0.4, -0.2) is 24.4 Å². The number of hydrogen-bond donors (Lipinski definition) is 0. The van der Waals surface area contributed by atoms with Crippen LogP contribution in [0.15, 0.2) is 54.6 Å². The first-order valence-corrected chi connectivity index (χ1v) is 7.54. The Kier molecular flexibility index (Phi) is 2.96. The lowest BCUT2D eigenvalue weighted by molar-refractivity contribution is -0.117. The molecule has 1 unspecified atom stereocenters. The molecule has 1 fully saturated rings. The van der Waals surface area contributed by atoms with Gasteiger partial charge in [-0.15, -0.1) is 0 Å². The van der Waals surface area contributed by atoms with Crippen LogP contribution in [0.25, 0.3) is 0 Å². The average molecular weight is 292 g/mol. The maximum absolute atomic E-state index is 12.9. The third-order valence-corrected chi connectivity index (χ3v) is 4.42. The Bertz CT molecular complexity index is 742. The van der Waals surface area contributed by atoms with Crippen molar-refractivity contribution in [2.75, 3.05) is 16.3 Å². The van der Waals surface area contributed by atoms with E-state index in [0.29, 0.717) is 18.5 Å². The van der Waals surface area contributed by atoms with Gasteiger partial charge in [-0.1, -0.05) is 30.3 Å². The Balaban J connectivity index is 1.78. The molecule has 2 aromatic rings. The number of carbonyl (C=O) groups excluding carboxylic acids is 2. The Hall–Kier alpha value is -2.62. The molecule has 2 aliphatic rings. The van der Waals surface area contributed by atoms with Crippen LogP contribution < -0.4 is 9.80 Å². The van der Waals surface area contributed by atoms with Gasteiger partial charge in [0.15, 0.2) is 0 Å². The molecule has 0 spiro atoms. The van der Waals surface area contributed by atoms with Crippen LogP contribution in [0.5, 0.6) is 0 Å². The first kappa shape index (κ1) is 13.1. The number of rotatable bonds is 1.